The van der Waals surface area contributed by atoms with Crippen LogP contribution in [0.3, 0.4) is 0 Å². The molecule has 0 bridgehead atoms. The molecule has 1 aromatic carbocycles. The monoisotopic (exact) mass is 268 g/mol. The van der Waals surface area contributed by atoms with Crippen molar-refractivity contribution in [3.63, 3.8) is 0 Å². The van der Waals surface area contributed by atoms with Gasteiger partial charge in [-0.15, -0.1) is 0 Å². The third-order valence-corrected chi connectivity index (χ3v) is 3.29. The van der Waals surface area contributed by atoms with Crippen molar-refractivity contribution in [1.82, 2.24) is 9.55 Å². The fraction of sp³-hybridized carbons (Fsp3) is 0.375. The smallest absolute Gasteiger partial charge is 0.131 e. The van der Waals surface area contributed by atoms with Crippen LogP contribution in [0.1, 0.15) is 38.1 Å². The first-order valence-electron chi connectivity index (χ1n) is 7.06. The number of hydrogen-bond acceptors (Lipinski definition) is 3. The molecule has 0 saturated heterocycles. The van der Waals surface area contributed by atoms with Gasteiger partial charge in [0, 0.05) is 18.5 Å². The lowest BCUT2D eigenvalue weighted by Crippen LogP contribution is -2.06. The standard InChI is InChI=1S/C16H20N4/c1-3-5-14-19-15(16(18)20(14)10-4-2)13-8-6-12(11-17)7-9-13/h6-9H,3-5,10,18H2,1-2H3. The predicted molar refractivity (Wildman–Crippen MR) is 81.1 cm³/mol. The first kappa shape index (κ1) is 14.1. The number of aryl methyl sites for hydroxylation is 1. The Labute approximate surface area is 119 Å². The summed E-state index contributed by atoms with van der Waals surface area (Å²) in [5, 5.41) is 8.85. The van der Waals surface area contributed by atoms with Crippen LogP contribution in [0.15, 0.2) is 24.3 Å². The van der Waals surface area contributed by atoms with Crippen LogP contribution >= 0.6 is 0 Å². The molecule has 104 valence electrons. The summed E-state index contributed by atoms with van der Waals surface area (Å²) in [5.41, 5.74) is 8.70. The Balaban J connectivity index is 2.45. The SMILES string of the molecule is CCCc1nc(-c2ccc(C#N)cc2)c(N)n1CCC. The van der Waals surface area contributed by atoms with E-state index in [4.69, 9.17) is 16.0 Å². The number of aromatic nitrogens is 2. The van der Waals surface area contributed by atoms with Crippen LogP contribution in [-0.2, 0) is 13.0 Å². The van der Waals surface area contributed by atoms with Crippen molar-refractivity contribution in [2.75, 3.05) is 5.73 Å². The molecule has 0 aliphatic rings. The van der Waals surface area contributed by atoms with E-state index in [2.05, 4.69) is 24.5 Å². The van der Waals surface area contributed by atoms with Gasteiger partial charge < -0.3 is 10.3 Å². The number of nitrogens with two attached hydrogens (primary N) is 1. The van der Waals surface area contributed by atoms with Crippen molar-refractivity contribution in [2.24, 2.45) is 0 Å². The summed E-state index contributed by atoms with van der Waals surface area (Å²) in [6.45, 7) is 5.17. The van der Waals surface area contributed by atoms with E-state index >= 15 is 0 Å². The van der Waals surface area contributed by atoms with Crippen molar-refractivity contribution in [2.45, 2.75) is 39.7 Å². The number of nitrogens with zero attached hydrogens (tertiary/aromatic N) is 3. The molecule has 2 aromatic rings. The molecule has 0 fully saturated rings. The fourth-order valence-electron chi connectivity index (χ4n) is 2.32. The predicted octanol–water partition coefficient (Wildman–Crippen LogP) is 3.37. The van der Waals surface area contributed by atoms with Gasteiger partial charge in [0.1, 0.15) is 17.3 Å². The van der Waals surface area contributed by atoms with E-state index < -0.39 is 0 Å². The molecular formula is C16H20N4. The molecule has 0 spiro atoms. The van der Waals surface area contributed by atoms with Gasteiger partial charge >= 0.3 is 0 Å². The largest absolute Gasteiger partial charge is 0.383 e. The minimum atomic E-state index is 0.647. The molecule has 1 heterocycles. The van der Waals surface area contributed by atoms with Crippen LogP contribution in [0.25, 0.3) is 11.3 Å². The Morgan fingerprint density at radius 2 is 1.90 bits per heavy atom. The zero-order valence-corrected chi connectivity index (χ0v) is 12.1. The van der Waals surface area contributed by atoms with Crippen LogP contribution in [0, 0.1) is 11.3 Å². The summed E-state index contributed by atoms with van der Waals surface area (Å²) in [7, 11) is 0. The molecule has 0 saturated carbocycles. The zero-order chi connectivity index (χ0) is 14.5. The topological polar surface area (TPSA) is 67.6 Å². The molecular weight excluding hydrogens is 248 g/mol. The molecule has 0 aliphatic carbocycles. The van der Waals surface area contributed by atoms with Gasteiger partial charge in [-0.3, -0.25) is 0 Å². The number of nitrogen functional groups attached to an aromatic ring is 1. The number of nitriles is 1. The van der Waals surface area contributed by atoms with E-state index in [1.54, 1.807) is 12.1 Å². The average molecular weight is 268 g/mol. The van der Waals surface area contributed by atoms with Crippen molar-refractivity contribution < 1.29 is 0 Å². The van der Waals surface area contributed by atoms with Gasteiger partial charge in [0.15, 0.2) is 0 Å². The molecule has 1 aromatic heterocycles. The number of benzene rings is 1. The Hall–Kier alpha value is -2.28. The minimum Gasteiger partial charge on any atom is -0.383 e. The van der Waals surface area contributed by atoms with Gasteiger partial charge in [0.25, 0.3) is 0 Å². The third-order valence-electron chi connectivity index (χ3n) is 3.29. The summed E-state index contributed by atoms with van der Waals surface area (Å²) in [6.07, 6.45) is 3.01. The van der Waals surface area contributed by atoms with Crippen LogP contribution in [0.5, 0.6) is 0 Å². The van der Waals surface area contributed by atoms with Crippen molar-refractivity contribution >= 4 is 5.82 Å². The normalized spacial score (nSPS) is 10.4. The summed E-state index contributed by atoms with van der Waals surface area (Å²) in [4.78, 5) is 4.70. The first-order valence-corrected chi connectivity index (χ1v) is 7.06. The molecule has 0 radical (unpaired) electrons. The Morgan fingerprint density at radius 3 is 2.45 bits per heavy atom. The number of rotatable bonds is 5. The molecule has 0 amide bonds. The fourth-order valence-corrected chi connectivity index (χ4v) is 2.32. The van der Waals surface area contributed by atoms with E-state index in [-0.39, 0.29) is 0 Å². The highest BCUT2D eigenvalue weighted by Crippen LogP contribution is 2.27. The van der Waals surface area contributed by atoms with E-state index in [0.29, 0.717) is 5.56 Å². The summed E-state index contributed by atoms with van der Waals surface area (Å²) in [5.74, 6) is 1.77. The van der Waals surface area contributed by atoms with Crippen LogP contribution in [0.2, 0.25) is 0 Å². The highest BCUT2D eigenvalue weighted by molar-refractivity contribution is 5.71. The van der Waals surface area contributed by atoms with Gasteiger partial charge in [-0.1, -0.05) is 26.0 Å². The Morgan fingerprint density at radius 1 is 1.20 bits per heavy atom. The zero-order valence-electron chi connectivity index (χ0n) is 12.1. The van der Waals surface area contributed by atoms with Crippen molar-refractivity contribution in [3.8, 4) is 17.3 Å². The third kappa shape index (κ3) is 2.67. The van der Waals surface area contributed by atoms with Gasteiger partial charge in [-0.05, 0) is 25.0 Å². The average Bonchev–Trinajstić information content (AvgIpc) is 2.77. The van der Waals surface area contributed by atoms with Gasteiger partial charge in [-0.2, -0.15) is 5.26 Å². The molecule has 0 aliphatic heterocycles. The maximum Gasteiger partial charge on any atom is 0.131 e. The quantitative estimate of drug-likeness (QED) is 0.904. The molecule has 2 N–H and O–H groups in total. The van der Waals surface area contributed by atoms with E-state index in [1.807, 2.05) is 12.1 Å². The van der Waals surface area contributed by atoms with Gasteiger partial charge in [0.05, 0.1) is 11.6 Å². The summed E-state index contributed by atoms with van der Waals surface area (Å²) < 4.78 is 2.11. The first-order chi connectivity index (χ1) is 9.71. The second-order valence-corrected chi connectivity index (χ2v) is 4.85. The summed E-state index contributed by atoms with van der Waals surface area (Å²) >= 11 is 0. The lowest BCUT2D eigenvalue weighted by molar-refractivity contribution is 0.637. The van der Waals surface area contributed by atoms with E-state index in [0.717, 1.165) is 48.7 Å². The van der Waals surface area contributed by atoms with Crippen LogP contribution in [0.4, 0.5) is 5.82 Å². The van der Waals surface area contributed by atoms with Gasteiger partial charge in [0.2, 0.25) is 0 Å². The maximum absolute atomic E-state index is 8.85. The maximum atomic E-state index is 8.85. The molecule has 0 atom stereocenters. The molecule has 2 rings (SSSR count). The van der Waals surface area contributed by atoms with Crippen LogP contribution < -0.4 is 5.73 Å². The molecule has 0 unspecified atom stereocenters. The minimum absolute atomic E-state index is 0.647. The summed E-state index contributed by atoms with van der Waals surface area (Å²) in [6, 6.07) is 9.53. The number of hydrogen-bond donors (Lipinski definition) is 1. The molecule has 4 nitrogen and oxygen atoms in total. The lowest BCUT2D eigenvalue weighted by Gasteiger charge is -2.07. The number of anilines is 1. The highest BCUT2D eigenvalue weighted by atomic mass is 15.1. The highest BCUT2D eigenvalue weighted by Gasteiger charge is 2.15. The van der Waals surface area contributed by atoms with Crippen molar-refractivity contribution in [1.29, 1.82) is 5.26 Å². The van der Waals surface area contributed by atoms with E-state index in [1.165, 1.54) is 0 Å². The Kier molecular flexibility index (Phi) is 4.41. The molecule has 20 heavy (non-hydrogen) atoms. The molecule has 4 heteroatoms. The second-order valence-electron chi connectivity index (χ2n) is 4.85. The van der Waals surface area contributed by atoms with E-state index in [9.17, 15) is 0 Å². The Bertz CT molecular complexity index is 617. The lowest BCUT2D eigenvalue weighted by atomic mass is 10.1. The van der Waals surface area contributed by atoms with Crippen LogP contribution in [-0.4, -0.2) is 9.55 Å². The second kappa shape index (κ2) is 6.25. The van der Waals surface area contributed by atoms with Gasteiger partial charge in [-0.25, -0.2) is 4.98 Å². The van der Waals surface area contributed by atoms with Crippen molar-refractivity contribution in [3.05, 3.63) is 35.7 Å². The number of imidazole rings is 1.